The van der Waals surface area contributed by atoms with Crippen LogP contribution in [-0.2, 0) is 11.4 Å². The van der Waals surface area contributed by atoms with Crippen LogP contribution in [0.1, 0.15) is 11.1 Å². The molecule has 0 heterocycles. The summed E-state index contributed by atoms with van der Waals surface area (Å²) in [5.74, 6) is 0. The Morgan fingerprint density at radius 1 is 1.00 bits per heavy atom. The number of nitrogens with zero attached hydrogens (tertiary/aromatic N) is 1. The van der Waals surface area contributed by atoms with Gasteiger partial charge in [-0.05, 0) is 23.3 Å². The molecule has 0 unspecified atom stereocenters. The van der Waals surface area contributed by atoms with Crippen LogP contribution in [0.5, 0.6) is 0 Å². The molecule has 0 saturated carbocycles. The minimum Gasteiger partial charge on any atom is -0.391 e. The van der Waals surface area contributed by atoms with E-state index in [0.717, 1.165) is 16.1 Å². The highest BCUT2D eigenvalue weighted by atomic mass is 35.5. The van der Waals surface area contributed by atoms with E-state index in [1.54, 1.807) is 6.21 Å². The number of halogens is 1. The molecule has 17 heavy (non-hydrogen) atoms. The number of oxime groups is 1. The second kappa shape index (κ2) is 6.06. The van der Waals surface area contributed by atoms with E-state index in [2.05, 4.69) is 5.16 Å². The fraction of sp³-hybridized carbons (Fsp3) is 0.0714. The molecule has 0 fully saturated rings. The topological polar surface area (TPSA) is 21.6 Å². The Balaban J connectivity index is 1.84. The molecule has 86 valence electrons. The number of hydrogen-bond acceptors (Lipinski definition) is 2. The number of rotatable bonds is 4. The zero-order valence-corrected chi connectivity index (χ0v) is 9.97. The van der Waals surface area contributed by atoms with Crippen molar-refractivity contribution in [3.05, 3.63) is 70.7 Å². The third-order valence-electron chi connectivity index (χ3n) is 2.22. The maximum Gasteiger partial charge on any atom is 0.142 e. The minimum atomic E-state index is 0.445. The van der Waals surface area contributed by atoms with Crippen molar-refractivity contribution in [2.45, 2.75) is 6.61 Å². The standard InChI is InChI=1S/C14H12ClNO/c15-14-8-6-13(7-9-14)11-17-16-10-12-4-2-1-3-5-12/h1-10H,11H2. The first-order chi connectivity index (χ1) is 8.34. The first-order valence-electron chi connectivity index (χ1n) is 5.29. The SMILES string of the molecule is Clc1ccc(CON=Cc2ccccc2)cc1. The summed E-state index contributed by atoms with van der Waals surface area (Å²) < 4.78 is 0. The molecule has 0 N–H and O–H groups in total. The van der Waals surface area contributed by atoms with Crippen molar-refractivity contribution in [2.75, 3.05) is 0 Å². The summed E-state index contributed by atoms with van der Waals surface area (Å²) in [6.07, 6.45) is 1.69. The zero-order chi connectivity index (χ0) is 11.9. The summed E-state index contributed by atoms with van der Waals surface area (Å²) in [6.45, 7) is 0.445. The Morgan fingerprint density at radius 3 is 2.41 bits per heavy atom. The fourth-order valence-corrected chi connectivity index (χ4v) is 1.46. The third kappa shape index (κ3) is 3.93. The molecule has 0 radical (unpaired) electrons. The molecule has 0 aromatic heterocycles. The van der Waals surface area contributed by atoms with Crippen LogP contribution in [0.4, 0.5) is 0 Å². The van der Waals surface area contributed by atoms with Gasteiger partial charge in [0.2, 0.25) is 0 Å². The van der Waals surface area contributed by atoms with E-state index in [1.807, 2.05) is 54.6 Å². The lowest BCUT2D eigenvalue weighted by molar-refractivity contribution is 0.132. The van der Waals surface area contributed by atoms with Crippen molar-refractivity contribution >= 4 is 17.8 Å². The maximum absolute atomic E-state index is 5.78. The summed E-state index contributed by atoms with van der Waals surface area (Å²) in [7, 11) is 0. The van der Waals surface area contributed by atoms with Gasteiger partial charge in [-0.3, -0.25) is 0 Å². The van der Waals surface area contributed by atoms with Crippen molar-refractivity contribution < 1.29 is 4.84 Å². The molecule has 2 aromatic carbocycles. The predicted octanol–water partition coefficient (Wildman–Crippen LogP) is 3.89. The minimum absolute atomic E-state index is 0.445. The van der Waals surface area contributed by atoms with Crippen molar-refractivity contribution in [3.63, 3.8) is 0 Å². The van der Waals surface area contributed by atoms with Crippen molar-refractivity contribution in [3.8, 4) is 0 Å². The molecule has 3 heteroatoms. The number of hydrogen-bond donors (Lipinski definition) is 0. The Morgan fingerprint density at radius 2 is 1.71 bits per heavy atom. The molecule has 0 atom stereocenters. The van der Waals surface area contributed by atoms with Crippen LogP contribution in [-0.4, -0.2) is 6.21 Å². The summed E-state index contributed by atoms with van der Waals surface area (Å²) >= 11 is 5.78. The first kappa shape index (κ1) is 11.7. The fourth-order valence-electron chi connectivity index (χ4n) is 1.33. The van der Waals surface area contributed by atoms with Gasteiger partial charge in [0.1, 0.15) is 6.61 Å². The predicted molar refractivity (Wildman–Crippen MR) is 70.3 cm³/mol. The first-order valence-corrected chi connectivity index (χ1v) is 5.67. The quantitative estimate of drug-likeness (QED) is 0.592. The molecular weight excluding hydrogens is 234 g/mol. The van der Waals surface area contributed by atoms with E-state index in [1.165, 1.54) is 0 Å². The third-order valence-corrected chi connectivity index (χ3v) is 2.47. The molecule has 0 amide bonds. The van der Waals surface area contributed by atoms with Gasteiger partial charge in [0.15, 0.2) is 0 Å². The zero-order valence-electron chi connectivity index (χ0n) is 9.21. The van der Waals surface area contributed by atoms with Gasteiger partial charge in [-0.1, -0.05) is 59.2 Å². The lowest BCUT2D eigenvalue weighted by Crippen LogP contribution is -1.87. The van der Waals surface area contributed by atoms with Crippen LogP contribution < -0.4 is 0 Å². The second-order valence-corrected chi connectivity index (χ2v) is 3.98. The highest BCUT2D eigenvalue weighted by molar-refractivity contribution is 6.30. The summed E-state index contributed by atoms with van der Waals surface area (Å²) in [6, 6.07) is 17.3. The molecule has 0 bridgehead atoms. The maximum atomic E-state index is 5.78. The van der Waals surface area contributed by atoms with Gasteiger partial charge in [0.25, 0.3) is 0 Å². The van der Waals surface area contributed by atoms with Gasteiger partial charge in [-0.15, -0.1) is 0 Å². The number of benzene rings is 2. The highest BCUT2D eigenvalue weighted by Crippen LogP contribution is 2.10. The molecule has 0 spiro atoms. The highest BCUT2D eigenvalue weighted by Gasteiger charge is 1.92. The molecular formula is C14H12ClNO. The summed E-state index contributed by atoms with van der Waals surface area (Å²) in [5.41, 5.74) is 2.06. The smallest absolute Gasteiger partial charge is 0.142 e. The van der Waals surface area contributed by atoms with Gasteiger partial charge < -0.3 is 4.84 Å². The average Bonchev–Trinajstić information content (AvgIpc) is 2.38. The van der Waals surface area contributed by atoms with Crippen molar-refractivity contribution in [1.29, 1.82) is 0 Å². The Labute approximate surface area is 105 Å². The van der Waals surface area contributed by atoms with Crippen molar-refractivity contribution in [1.82, 2.24) is 0 Å². The van der Waals surface area contributed by atoms with Crippen LogP contribution in [0, 0.1) is 0 Å². The van der Waals surface area contributed by atoms with Gasteiger partial charge >= 0.3 is 0 Å². The van der Waals surface area contributed by atoms with E-state index < -0.39 is 0 Å². The summed E-state index contributed by atoms with van der Waals surface area (Å²) in [4.78, 5) is 5.19. The van der Waals surface area contributed by atoms with E-state index in [4.69, 9.17) is 16.4 Å². The summed E-state index contributed by atoms with van der Waals surface area (Å²) in [5, 5.41) is 4.62. The van der Waals surface area contributed by atoms with Gasteiger partial charge in [-0.25, -0.2) is 0 Å². The molecule has 2 nitrogen and oxygen atoms in total. The largest absolute Gasteiger partial charge is 0.391 e. The van der Waals surface area contributed by atoms with Crippen LogP contribution in [0.25, 0.3) is 0 Å². The van der Waals surface area contributed by atoms with Gasteiger partial charge in [0.05, 0.1) is 6.21 Å². The van der Waals surface area contributed by atoms with Crippen LogP contribution >= 0.6 is 11.6 Å². The molecule has 0 aliphatic rings. The van der Waals surface area contributed by atoms with Gasteiger partial charge in [0, 0.05) is 5.02 Å². The van der Waals surface area contributed by atoms with E-state index in [0.29, 0.717) is 6.61 Å². The molecule has 0 aliphatic heterocycles. The average molecular weight is 246 g/mol. The molecule has 0 saturated heterocycles. The van der Waals surface area contributed by atoms with Crippen LogP contribution in [0.3, 0.4) is 0 Å². The van der Waals surface area contributed by atoms with E-state index in [9.17, 15) is 0 Å². The lowest BCUT2D eigenvalue weighted by Gasteiger charge is -1.99. The van der Waals surface area contributed by atoms with Crippen LogP contribution in [0.2, 0.25) is 5.02 Å². The molecule has 0 aliphatic carbocycles. The van der Waals surface area contributed by atoms with E-state index in [-0.39, 0.29) is 0 Å². The Kier molecular flexibility index (Phi) is 4.17. The normalized spacial score (nSPS) is 10.6. The van der Waals surface area contributed by atoms with Crippen LogP contribution in [0.15, 0.2) is 59.8 Å². The monoisotopic (exact) mass is 245 g/mol. The Hall–Kier alpha value is -1.80. The molecule has 2 rings (SSSR count). The lowest BCUT2D eigenvalue weighted by atomic mass is 10.2. The van der Waals surface area contributed by atoms with E-state index >= 15 is 0 Å². The second-order valence-electron chi connectivity index (χ2n) is 3.55. The van der Waals surface area contributed by atoms with Crippen molar-refractivity contribution in [2.24, 2.45) is 5.16 Å². The Bertz CT molecular complexity index is 479. The molecule has 2 aromatic rings. The van der Waals surface area contributed by atoms with Gasteiger partial charge in [-0.2, -0.15) is 0 Å².